The van der Waals surface area contributed by atoms with Gasteiger partial charge < -0.3 is 10.4 Å². The predicted molar refractivity (Wildman–Crippen MR) is 75.7 cm³/mol. The average molecular weight is 257 g/mol. The van der Waals surface area contributed by atoms with Gasteiger partial charge in [0, 0.05) is 11.5 Å². The fourth-order valence-corrected chi connectivity index (χ4v) is 2.06. The predicted octanol–water partition coefficient (Wildman–Crippen LogP) is 2.32. The molecule has 0 radical (unpaired) electrons. The molecule has 1 aliphatic carbocycles. The van der Waals surface area contributed by atoms with Gasteiger partial charge in [-0.15, -0.1) is 0 Å². The summed E-state index contributed by atoms with van der Waals surface area (Å²) in [4.78, 5) is 12.1. The number of amides is 1. The molecule has 1 saturated carbocycles. The number of carbonyl (C=O) groups excluding carboxylic acids is 1. The Hall–Kier alpha value is -1.79. The lowest BCUT2D eigenvalue weighted by Gasteiger charge is -2.13. The number of benzene rings is 1. The van der Waals surface area contributed by atoms with Gasteiger partial charge in [-0.1, -0.05) is 24.8 Å². The van der Waals surface area contributed by atoms with Gasteiger partial charge >= 0.3 is 0 Å². The third-order valence-electron chi connectivity index (χ3n) is 3.48. The van der Waals surface area contributed by atoms with Crippen LogP contribution in [0.1, 0.15) is 30.9 Å². The second kappa shape index (κ2) is 5.90. The van der Waals surface area contributed by atoms with Crippen molar-refractivity contribution < 1.29 is 9.90 Å². The molecule has 2 rings (SSSR count). The Labute approximate surface area is 114 Å². The summed E-state index contributed by atoms with van der Waals surface area (Å²) in [5.74, 6) is 6.15. The average Bonchev–Trinajstić information content (AvgIpc) is 3.22. The van der Waals surface area contributed by atoms with Crippen LogP contribution in [0, 0.1) is 30.6 Å². The largest absolute Gasteiger partial charge is 0.384 e. The molecule has 1 aromatic rings. The number of rotatable bonds is 3. The lowest BCUT2D eigenvalue weighted by Crippen LogP contribution is -2.22. The lowest BCUT2D eigenvalue weighted by molar-refractivity contribution is -0.119. The van der Waals surface area contributed by atoms with Gasteiger partial charge in [0.2, 0.25) is 5.91 Å². The Morgan fingerprint density at radius 2 is 2.26 bits per heavy atom. The number of hydrogen-bond acceptors (Lipinski definition) is 2. The maximum atomic E-state index is 12.1. The van der Waals surface area contributed by atoms with Gasteiger partial charge in [-0.05, 0) is 43.4 Å². The van der Waals surface area contributed by atoms with Crippen molar-refractivity contribution in [2.45, 2.75) is 26.7 Å². The van der Waals surface area contributed by atoms with Crippen LogP contribution in [0.25, 0.3) is 0 Å². The number of aliphatic hydroxyl groups is 1. The minimum absolute atomic E-state index is 0.0541. The molecule has 100 valence electrons. The van der Waals surface area contributed by atoms with E-state index in [1.54, 1.807) is 0 Å². The van der Waals surface area contributed by atoms with E-state index in [4.69, 9.17) is 5.11 Å². The highest BCUT2D eigenvalue weighted by molar-refractivity contribution is 5.94. The summed E-state index contributed by atoms with van der Waals surface area (Å²) in [5, 5.41) is 11.7. The van der Waals surface area contributed by atoms with Crippen LogP contribution in [0.4, 0.5) is 5.69 Å². The van der Waals surface area contributed by atoms with Crippen LogP contribution in [0.3, 0.4) is 0 Å². The van der Waals surface area contributed by atoms with Crippen LogP contribution in [0.2, 0.25) is 0 Å². The molecule has 3 heteroatoms. The Morgan fingerprint density at radius 3 is 2.89 bits per heavy atom. The molecule has 0 saturated heterocycles. The summed E-state index contributed by atoms with van der Waals surface area (Å²) >= 11 is 0. The highest BCUT2D eigenvalue weighted by Crippen LogP contribution is 2.37. The number of anilines is 1. The van der Waals surface area contributed by atoms with E-state index in [1.165, 1.54) is 0 Å². The van der Waals surface area contributed by atoms with E-state index in [1.807, 2.05) is 32.0 Å². The topological polar surface area (TPSA) is 49.3 Å². The fourth-order valence-electron chi connectivity index (χ4n) is 2.06. The fraction of sp³-hybridized carbons (Fsp3) is 0.438. The molecule has 1 amide bonds. The van der Waals surface area contributed by atoms with Gasteiger partial charge in [0.25, 0.3) is 0 Å². The molecule has 1 atom stereocenters. The van der Waals surface area contributed by atoms with Crippen molar-refractivity contribution in [2.24, 2.45) is 11.8 Å². The van der Waals surface area contributed by atoms with Gasteiger partial charge in [-0.25, -0.2) is 0 Å². The zero-order valence-electron chi connectivity index (χ0n) is 11.4. The van der Waals surface area contributed by atoms with Gasteiger partial charge in [0.1, 0.15) is 6.61 Å². The van der Waals surface area contributed by atoms with E-state index in [2.05, 4.69) is 17.2 Å². The maximum absolute atomic E-state index is 12.1. The van der Waals surface area contributed by atoms with Crippen molar-refractivity contribution in [3.8, 4) is 11.8 Å². The molecule has 1 aliphatic rings. The minimum Gasteiger partial charge on any atom is -0.384 e. The SMILES string of the molecule is Cc1ccc(NC(=O)C(C)C2CC2)c(C#CCO)c1. The van der Waals surface area contributed by atoms with Crippen molar-refractivity contribution >= 4 is 11.6 Å². The van der Waals surface area contributed by atoms with E-state index < -0.39 is 0 Å². The van der Waals surface area contributed by atoms with Crippen LogP contribution >= 0.6 is 0 Å². The molecule has 1 aromatic carbocycles. The summed E-state index contributed by atoms with van der Waals surface area (Å²) in [5.41, 5.74) is 2.56. The van der Waals surface area contributed by atoms with Crippen LogP contribution < -0.4 is 5.32 Å². The molecule has 0 aliphatic heterocycles. The summed E-state index contributed by atoms with van der Waals surface area (Å²) in [6, 6.07) is 5.73. The third kappa shape index (κ3) is 3.59. The number of carbonyl (C=O) groups is 1. The van der Waals surface area contributed by atoms with Crippen molar-refractivity contribution in [1.82, 2.24) is 0 Å². The Balaban J connectivity index is 2.16. The van der Waals surface area contributed by atoms with Crippen molar-refractivity contribution in [2.75, 3.05) is 11.9 Å². The van der Waals surface area contributed by atoms with Crippen LogP contribution in [0.15, 0.2) is 18.2 Å². The van der Waals surface area contributed by atoms with Gasteiger partial charge in [0.15, 0.2) is 0 Å². The first-order valence-electron chi connectivity index (χ1n) is 6.63. The second-order valence-corrected chi connectivity index (χ2v) is 5.12. The molecule has 0 spiro atoms. The van der Waals surface area contributed by atoms with Gasteiger partial charge in [0.05, 0.1) is 5.69 Å². The Bertz CT molecular complexity index is 535. The number of aryl methyl sites for hydroxylation is 1. The number of aliphatic hydroxyl groups excluding tert-OH is 1. The Morgan fingerprint density at radius 1 is 1.53 bits per heavy atom. The van der Waals surface area contributed by atoms with E-state index >= 15 is 0 Å². The Kier molecular flexibility index (Phi) is 4.24. The first kappa shape index (κ1) is 13.6. The zero-order chi connectivity index (χ0) is 13.8. The molecular weight excluding hydrogens is 238 g/mol. The van der Waals surface area contributed by atoms with E-state index in [9.17, 15) is 4.79 Å². The van der Waals surface area contributed by atoms with Gasteiger partial charge in [-0.3, -0.25) is 4.79 Å². The standard InChI is InChI=1S/C16H19NO2/c1-11-5-8-15(14(10-11)4-3-9-18)17-16(19)12(2)13-6-7-13/h5,8,10,12-13,18H,6-7,9H2,1-2H3,(H,17,19). The van der Waals surface area contributed by atoms with E-state index in [0.29, 0.717) is 5.92 Å². The highest BCUT2D eigenvalue weighted by Gasteiger charge is 2.32. The third-order valence-corrected chi connectivity index (χ3v) is 3.48. The first-order chi connectivity index (χ1) is 9.11. The molecule has 1 unspecified atom stereocenters. The van der Waals surface area contributed by atoms with Crippen molar-refractivity contribution in [1.29, 1.82) is 0 Å². The molecule has 3 nitrogen and oxygen atoms in total. The monoisotopic (exact) mass is 257 g/mol. The number of nitrogens with one attached hydrogen (secondary N) is 1. The van der Waals surface area contributed by atoms with E-state index in [-0.39, 0.29) is 18.4 Å². The summed E-state index contributed by atoms with van der Waals surface area (Å²) in [6.07, 6.45) is 2.30. The minimum atomic E-state index is -0.181. The van der Waals surface area contributed by atoms with Crippen LogP contribution in [0.5, 0.6) is 0 Å². The molecule has 0 bridgehead atoms. The van der Waals surface area contributed by atoms with Crippen LogP contribution in [-0.4, -0.2) is 17.6 Å². The first-order valence-corrected chi connectivity index (χ1v) is 6.63. The summed E-state index contributed by atoms with van der Waals surface area (Å²) in [6.45, 7) is 3.77. The maximum Gasteiger partial charge on any atom is 0.227 e. The lowest BCUT2D eigenvalue weighted by atomic mass is 10.0. The van der Waals surface area contributed by atoms with Crippen molar-refractivity contribution in [3.63, 3.8) is 0 Å². The second-order valence-electron chi connectivity index (χ2n) is 5.12. The molecule has 0 heterocycles. The van der Waals surface area contributed by atoms with Crippen LogP contribution in [-0.2, 0) is 4.79 Å². The smallest absolute Gasteiger partial charge is 0.227 e. The molecule has 1 fully saturated rings. The highest BCUT2D eigenvalue weighted by atomic mass is 16.2. The van der Waals surface area contributed by atoms with E-state index in [0.717, 1.165) is 29.7 Å². The molecule has 19 heavy (non-hydrogen) atoms. The summed E-state index contributed by atoms with van der Waals surface area (Å²) in [7, 11) is 0. The summed E-state index contributed by atoms with van der Waals surface area (Å²) < 4.78 is 0. The number of hydrogen-bond donors (Lipinski definition) is 2. The van der Waals surface area contributed by atoms with Crippen molar-refractivity contribution in [3.05, 3.63) is 29.3 Å². The molecule has 0 aromatic heterocycles. The normalized spacial score (nSPS) is 15.3. The van der Waals surface area contributed by atoms with Gasteiger partial charge in [-0.2, -0.15) is 0 Å². The molecular formula is C16H19NO2. The quantitative estimate of drug-likeness (QED) is 0.816. The molecule has 2 N–H and O–H groups in total. The zero-order valence-corrected chi connectivity index (χ0v) is 11.4.